The van der Waals surface area contributed by atoms with Gasteiger partial charge in [0.1, 0.15) is 5.75 Å². The zero-order valence-corrected chi connectivity index (χ0v) is 20.0. The van der Waals surface area contributed by atoms with E-state index in [2.05, 4.69) is 15.2 Å². The molecule has 1 aliphatic heterocycles. The Kier molecular flexibility index (Phi) is 6.99. The molecule has 0 saturated carbocycles. The third-order valence-corrected chi connectivity index (χ3v) is 8.90. The van der Waals surface area contributed by atoms with Crippen LogP contribution in [0.5, 0.6) is 5.75 Å². The van der Waals surface area contributed by atoms with E-state index in [0.29, 0.717) is 21.3 Å². The Morgan fingerprint density at radius 1 is 1.00 bits per heavy atom. The Labute approximate surface area is 204 Å². The minimum Gasteiger partial charge on any atom is -0.426 e. The molecule has 33 heavy (non-hydrogen) atoms. The zero-order valence-electron chi connectivity index (χ0n) is 17.5. The number of hydrogen-bond acceptors (Lipinski definition) is 8. The molecule has 4 aromatic rings. The smallest absolute Gasteiger partial charge is 0.321 e. The summed E-state index contributed by atoms with van der Waals surface area (Å²) in [6.07, 6.45) is 3.47. The van der Waals surface area contributed by atoms with E-state index in [9.17, 15) is 4.79 Å². The van der Waals surface area contributed by atoms with Crippen molar-refractivity contribution >= 4 is 41.3 Å². The Hall–Kier alpha value is -2.75. The molecule has 1 aliphatic rings. The molecule has 166 valence electrons. The summed E-state index contributed by atoms with van der Waals surface area (Å²) in [5.74, 6) is 3.37. The number of thioether (sulfide) groups is 3. The number of para-hydroxylation sites is 1. The normalized spacial score (nSPS) is 13.8. The summed E-state index contributed by atoms with van der Waals surface area (Å²) in [6.45, 7) is 0. The second kappa shape index (κ2) is 10.5. The third-order valence-electron chi connectivity index (χ3n) is 4.89. The molecule has 3 heterocycles. The molecule has 2 aromatic heterocycles. The molecular weight excluding hydrogens is 472 g/mol. The molecule has 0 atom stereocenters. The van der Waals surface area contributed by atoms with Gasteiger partial charge in [-0.05, 0) is 42.0 Å². The number of carbonyl (C=O) groups excluding carboxylic acids is 1. The van der Waals surface area contributed by atoms with Gasteiger partial charge >= 0.3 is 5.97 Å². The van der Waals surface area contributed by atoms with Crippen LogP contribution in [0.2, 0.25) is 0 Å². The van der Waals surface area contributed by atoms with Gasteiger partial charge in [-0.25, -0.2) is 0 Å². The van der Waals surface area contributed by atoms with Gasteiger partial charge in [-0.1, -0.05) is 42.1 Å². The second-order valence-electron chi connectivity index (χ2n) is 7.12. The second-order valence-corrected chi connectivity index (χ2v) is 10.8. The summed E-state index contributed by atoms with van der Waals surface area (Å²) in [5.41, 5.74) is 3.02. The van der Waals surface area contributed by atoms with Gasteiger partial charge in [0, 0.05) is 35.2 Å². The van der Waals surface area contributed by atoms with E-state index in [1.54, 1.807) is 12.4 Å². The van der Waals surface area contributed by atoms with Gasteiger partial charge in [0.2, 0.25) is 0 Å². The van der Waals surface area contributed by atoms with Crippen LogP contribution in [0.4, 0.5) is 0 Å². The number of hydrogen-bond donors (Lipinski definition) is 0. The van der Waals surface area contributed by atoms with Crippen LogP contribution in [-0.4, -0.2) is 43.0 Å². The molecule has 9 heteroatoms. The highest BCUT2D eigenvalue weighted by Crippen LogP contribution is 2.45. The molecule has 0 amide bonds. The number of nitrogens with zero attached hydrogens (tertiary/aromatic N) is 4. The number of pyridine rings is 1. The fraction of sp³-hybridized carbons (Fsp3) is 0.167. The molecule has 0 aliphatic carbocycles. The molecule has 0 bridgehead atoms. The highest BCUT2D eigenvalue weighted by Gasteiger charge is 2.19. The topological polar surface area (TPSA) is 69.9 Å². The fourth-order valence-corrected chi connectivity index (χ4v) is 6.97. The van der Waals surface area contributed by atoms with Crippen molar-refractivity contribution in [2.24, 2.45) is 0 Å². The fourth-order valence-electron chi connectivity index (χ4n) is 3.38. The lowest BCUT2D eigenvalue weighted by Crippen LogP contribution is -2.11. The van der Waals surface area contributed by atoms with Gasteiger partial charge < -0.3 is 4.74 Å². The monoisotopic (exact) mass is 492 g/mol. The van der Waals surface area contributed by atoms with Crippen LogP contribution in [0.1, 0.15) is 10.1 Å². The Balaban J connectivity index is 1.29. The standard InChI is InChI=1S/C24H20N4O2S3/c29-21(30-20-10-8-17(9-11-20)23-31-13-14-32-23)16-33-24-27-26-22(18-5-4-12-25-15-18)28(24)19-6-2-1-3-7-19/h1-12,15,23H,13-14,16H2. The molecular formula is C24H20N4O2S3. The van der Waals surface area contributed by atoms with Crippen molar-refractivity contribution in [3.63, 3.8) is 0 Å². The number of esters is 1. The first-order valence-electron chi connectivity index (χ1n) is 10.4. The maximum Gasteiger partial charge on any atom is 0.321 e. The number of carbonyl (C=O) groups is 1. The molecule has 0 unspecified atom stereocenters. The lowest BCUT2D eigenvalue weighted by molar-refractivity contribution is -0.131. The van der Waals surface area contributed by atoms with E-state index in [-0.39, 0.29) is 11.7 Å². The summed E-state index contributed by atoms with van der Waals surface area (Å²) < 4.78 is 7.96. The SMILES string of the molecule is O=C(CSc1nnc(-c2cccnc2)n1-c1ccccc1)Oc1ccc(C2SCCS2)cc1. The number of aromatic nitrogens is 4. The lowest BCUT2D eigenvalue weighted by Gasteiger charge is -2.11. The zero-order chi connectivity index (χ0) is 22.5. The first-order valence-corrected chi connectivity index (χ1v) is 13.4. The minimum atomic E-state index is -0.331. The first-order chi connectivity index (χ1) is 16.3. The van der Waals surface area contributed by atoms with Gasteiger partial charge in [-0.3, -0.25) is 14.3 Å². The molecule has 1 saturated heterocycles. The highest BCUT2D eigenvalue weighted by molar-refractivity contribution is 8.19. The van der Waals surface area contributed by atoms with Crippen LogP contribution in [0.25, 0.3) is 17.1 Å². The van der Waals surface area contributed by atoms with Crippen LogP contribution >= 0.6 is 35.3 Å². The maximum atomic E-state index is 12.5. The van der Waals surface area contributed by atoms with Crippen LogP contribution < -0.4 is 4.74 Å². The number of rotatable bonds is 7. The van der Waals surface area contributed by atoms with Gasteiger partial charge in [0.25, 0.3) is 0 Å². The molecule has 0 N–H and O–H groups in total. The molecule has 0 radical (unpaired) electrons. The minimum absolute atomic E-state index is 0.119. The summed E-state index contributed by atoms with van der Waals surface area (Å²) in [4.78, 5) is 16.7. The average Bonchev–Trinajstić information content (AvgIpc) is 3.55. The third kappa shape index (κ3) is 5.26. The van der Waals surface area contributed by atoms with Gasteiger partial charge in [-0.15, -0.1) is 33.7 Å². The molecule has 5 rings (SSSR count). The van der Waals surface area contributed by atoms with E-state index in [1.807, 2.05) is 94.8 Å². The van der Waals surface area contributed by atoms with Crippen LogP contribution in [0, 0.1) is 0 Å². The summed E-state index contributed by atoms with van der Waals surface area (Å²) in [7, 11) is 0. The molecule has 1 fully saturated rings. The molecule has 6 nitrogen and oxygen atoms in total. The van der Waals surface area contributed by atoms with Crippen LogP contribution in [0.3, 0.4) is 0 Å². The van der Waals surface area contributed by atoms with Gasteiger partial charge in [0.15, 0.2) is 11.0 Å². The van der Waals surface area contributed by atoms with Crippen molar-refractivity contribution in [2.75, 3.05) is 17.3 Å². The quantitative estimate of drug-likeness (QED) is 0.190. The van der Waals surface area contributed by atoms with Crippen molar-refractivity contribution in [3.8, 4) is 22.8 Å². The van der Waals surface area contributed by atoms with Gasteiger partial charge in [-0.2, -0.15) is 0 Å². The summed E-state index contributed by atoms with van der Waals surface area (Å²) in [6, 6.07) is 21.4. The Morgan fingerprint density at radius 3 is 2.52 bits per heavy atom. The van der Waals surface area contributed by atoms with Gasteiger partial charge in [0.05, 0.1) is 10.3 Å². The lowest BCUT2D eigenvalue weighted by atomic mass is 10.2. The van der Waals surface area contributed by atoms with E-state index >= 15 is 0 Å². The van der Waals surface area contributed by atoms with Crippen LogP contribution in [0.15, 0.2) is 84.3 Å². The van der Waals surface area contributed by atoms with E-state index in [0.717, 1.165) is 11.3 Å². The predicted molar refractivity (Wildman–Crippen MR) is 135 cm³/mol. The number of ether oxygens (including phenoxy) is 1. The summed E-state index contributed by atoms with van der Waals surface area (Å²) in [5, 5.41) is 9.32. The van der Waals surface area contributed by atoms with E-state index in [4.69, 9.17) is 4.74 Å². The van der Waals surface area contributed by atoms with Crippen molar-refractivity contribution < 1.29 is 9.53 Å². The average molecular weight is 493 g/mol. The van der Waals surface area contributed by atoms with Crippen molar-refractivity contribution in [1.29, 1.82) is 0 Å². The molecule has 0 spiro atoms. The Bertz CT molecular complexity index is 1210. The molecule has 2 aromatic carbocycles. The van der Waals surface area contributed by atoms with Crippen molar-refractivity contribution in [1.82, 2.24) is 19.7 Å². The van der Waals surface area contributed by atoms with E-state index < -0.39 is 0 Å². The van der Waals surface area contributed by atoms with Crippen molar-refractivity contribution in [3.05, 3.63) is 84.7 Å². The van der Waals surface area contributed by atoms with Crippen LogP contribution in [-0.2, 0) is 4.79 Å². The maximum absolute atomic E-state index is 12.5. The highest BCUT2D eigenvalue weighted by atomic mass is 32.2. The number of benzene rings is 2. The van der Waals surface area contributed by atoms with Crippen molar-refractivity contribution in [2.45, 2.75) is 9.74 Å². The predicted octanol–water partition coefficient (Wildman–Crippen LogP) is 5.51. The Morgan fingerprint density at radius 2 is 1.79 bits per heavy atom. The summed E-state index contributed by atoms with van der Waals surface area (Å²) >= 11 is 5.20. The first kappa shape index (κ1) is 22.1. The largest absolute Gasteiger partial charge is 0.426 e. The van der Waals surface area contributed by atoms with E-state index in [1.165, 1.54) is 28.8 Å².